The van der Waals surface area contributed by atoms with Crippen LogP contribution in [-0.2, 0) is 4.79 Å². The number of anilines is 1. The molecular formula is C20H20FN5O2. The monoisotopic (exact) mass is 381 g/mol. The van der Waals surface area contributed by atoms with Gasteiger partial charge in [0.1, 0.15) is 11.6 Å². The number of hydrogen-bond donors (Lipinski definition) is 2. The lowest BCUT2D eigenvalue weighted by Crippen LogP contribution is -2.41. The second-order valence-corrected chi connectivity index (χ2v) is 7.03. The molecule has 28 heavy (non-hydrogen) atoms. The van der Waals surface area contributed by atoms with Crippen LogP contribution in [0.3, 0.4) is 0 Å². The first-order valence-electron chi connectivity index (χ1n) is 9.16. The Morgan fingerprint density at radius 3 is 2.71 bits per heavy atom. The molecule has 0 unspecified atom stereocenters. The molecule has 0 bridgehead atoms. The van der Waals surface area contributed by atoms with Crippen LogP contribution in [0.4, 0.5) is 10.2 Å². The number of rotatable bonds is 3. The fraction of sp³-hybridized carbons (Fsp3) is 0.300. The first-order valence-corrected chi connectivity index (χ1v) is 9.16. The van der Waals surface area contributed by atoms with Gasteiger partial charge in [-0.1, -0.05) is 6.07 Å². The number of benzene rings is 1. The number of aryl methyl sites for hydroxylation is 1. The van der Waals surface area contributed by atoms with Crippen LogP contribution in [0.25, 0.3) is 11.0 Å². The molecule has 8 heteroatoms. The smallest absolute Gasteiger partial charge is 0.256 e. The van der Waals surface area contributed by atoms with Crippen molar-refractivity contribution in [2.24, 2.45) is 5.92 Å². The van der Waals surface area contributed by atoms with E-state index in [4.69, 9.17) is 0 Å². The number of H-pyrrole nitrogens is 1. The van der Waals surface area contributed by atoms with E-state index in [1.165, 1.54) is 18.5 Å². The summed E-state index contributed by atoms with van der Waals surface area (Å²) >= 11 is 0. The summed E-state index contributed by atoms with van der Waals surface area (Å²) in [4.78, 5) is 37.8. The molecule has 0 saturated carbocycles. The lowest BCUT2D eigenvalue weighted by molar-refractivity contribution is -0.121. The number of piperidine rings is 1. The summed E-state index contributed by atoms with van der Waals surface area (Å²) in [6, 6.07) is 6.39. The number of hydrogen-bond acceptors (Lipinski definition) is 4. The molecule has 1 aliphatic rings. The summed E-state index contributed by atoms with van der Waals surface area (Å²) in [6.07, 6.45) is 4.21. The SMILES string of the molecule is Cc1ccc(NC(=O)C2CCN(C(=O)c3cc4nc[nH]c4cc3F)CC2)nc1. The molecule has 0 aliphatic carbocycles. The molecule has 1 aromatic carbocycles. The standard InChI is InChI=1S/C20H20FN5O2/c1-12-2-3-18(22-10-12)25-19(27)13-4-6-26(7-5-13)20(28)14-8-16-17(9-15(14)21)24-11-23-16/h2-3,8-11,13H,4-7H2,1H3,(H,23,24)(H,22,25,27). The van der Waals surface area contributed by atoms with Gasteiger partial charge in [-0.05, 0) is 37.5 Å². The van der Waals surface area contributed by atoms with Gasteiger partial charge < -0.3 is 15.2 Å². The topological polar surface area (TPSA) is 91.0 Å². The van der Waals surface area contributed by atoms with Crippen molar-refractivity contribution in [3.8, 4) is 0 Å². The van der Waals surface area contributed by atoms with Crippen LogP contribution in [0.15, 0.2) is 36.8 Å². The molecule has 1 aliphatic heterocycles. The van der Waals surface area contributed by atoms with E-state index >= 15 is 0 Å². The van der Waals surface area contributed by atoms with E-state index in [2.05, 4.69) is 20.3 Å². The Hall–Kier alpha value is -3.29. The van der Waals surface area contributed by atoms with Gasteiger partial charge in [0.2, 0.25) is 5.91 Å². The highest BCUT2D eigenvalue weighted by molar-refractivity contribution is 5.98. The average Bonchev–Trinajstić information content (AvgIpc) is 3.16. The second-order valence-electron chi connectivity index (χ2n) is 7.03. The number of nitrogens with zero attached hydrogens (tertiary/aromatic N) is 3. The second kappa shape index (κ2) is 7.38. The predicted molar refractivity (Wildman–Crippen MR) is 102 cm³/mol. The molecule has 7 nitrogen and oxygen atoms in total. The Morgan fingerprint density at radius 2 is 2.00 bits per heavy atom. The van der Waals surface area contributed by atoms with Crippen LogP contribution < -0.4 is 5.32 Å². The third-order valence-electron chi connectivity index (χ3n) is 5.06. The molecule has 3 aromatic rings. The normalized spacial score (nSPS) is 15.0. The Morgan fingerprint density at radius 1 is 1.21 bits per heavy atom. The number of likely N-dealkylation sites (tertiary alicyclic amines) is 1. The van der Waals surface area contributed by atoms with Crippen molar-refractivity contribution in [1.82, 2.24) is 19.9 Å². The molecule has 3 heterocycles. The van der Waals surface area contributed by atoms with Gasteiger partial charge in [-0.2, -0.15) is 0 Å². The summed E-state index contributed by atoms with van der Waals surface area (Å²) in [5.74, 6) is -0.740. The highest BCUT2D eigenvalue weighted by Gasteiger charge is 2.29. The number of nitrogens with one attached hydrogen (secondary N) is 2. The van der Waals surface area contributed by atoms with Crippen molar-refractivity contribution in [3.05, 3.63) is 53.7 Å². The minimum atomic E-state index is -0.577. The van der Waals surface area contributed by atoms with Crippen LogP contribution in [0.5, 0.6) is 0 Å². The number of aromatic nitrogens is 3. The molecule has 2 aromatic heterocycles. The molecule has 0 atom stereocenters. The quantitative estimate of drug-likeness (QED) is 0.730. The van der Waals surface area contributed by atoms with Gasteiger partial charge in [-0.15, -0.1) is 0 Å². The zero-order chi connectivity index (χ0) is 19.7. The van der Waals surface area contributed by atoms with Gasteiger partial charge in [0.05, 0.1) is 22.9 Å². The molecule has 0 radical (unpaired) electrons. The molecule has 4 rings (SSSR count). The van der Waals surface area contributed by atoms with Gasteiger partial charge in [0, 0.05) is 31.3 Å². The number of fused-ring (bicyclic) bond motifs is 1. The van der Waals surface area contributed by atoms with E-state index in [9.17, 15) is 14.0 Å². The first-order chi connectivity index (χ1) is 13.5. The lowest BCUT2D eigenvalue weighted by atomic mass is 9.95. The largest absolute Gasteiger partial charge is 0.345 e. The summed E-state index contributed by atoms with van der Waals surface area (Å²) in [5.41, 5.74) is 2.12. The van der Waals surface area contributed by atoms with Crippen molar-refractivity contribution in [2.75, 3.05) is 18.4 Å². The minimum Gasteiger partial charge on any atom is -0.345 e. The van der Waals surface area contributed by atoms with Crippen LogP contribution in [0, 0.1) is 18.7 Å². The zero-order valence-electron chi connectivity index (χ0n) is 15.4. The van der Waals surface area contributed by atoms with Crippen molar-refractivity contribution >= 4 is 28.7 Å². The number of carbonyl (C=O) groups excluding carboxylic acids is 2. The maximum atomic E-state index is 14.3. The molecule has 1 fully saturated rings. The molecule has 0 spiro atoms. The Bertz CT molecular complexity index is 1020. The molecule has 2 amide bonds. The maximum absolute atomic E-state index is 14.3. The number of carbonyl (C=O) groups is 2. The molecular weight excluding hydrogens is 361 g/mol. The third kappa shape index (κ3) is 3.58. The van der Waals surface area contributed by atoms with E-state index in [-0.39, 0.29) is 23.3 Å². The third-order valence-corrected chi connectivity index (χ3v) is 5.06. The fourth-order valence-corrected chi connectivity index (χ4v) is 3.40. The van der Waals surface area contributed by atoms with Crippen molar-refractivity contribution in [2.45, 2.75) is 19.8 Å². The van der Waals surface area contributed by atoms with E-state index in [1.54, 1.807) is 17.2 Å². The fourth-order valence-electron chi connectivity index (χ4n) is 3.40. The molecule has 1 saturated heterocycles. The van der Waals surface area contributed by atoms with Crippen LogP contribution >= 0.6 is 0 Å². The number of amides is 2. The van der Waals surface area contributed by atoms with Crippen molar-refractivity contribution in [1.29, 1.82) is 0 Å². The van der Waals surface area contributed by atoms with Gasteiger partial charge in [-0.25, -0.2) is 14.4 Å². The van der Waals surface area contributed by atoms with Crippen LogP contribution in [-0.4, -0.2) is 44.8 Å². The Balaban J connectivity index is 1.39. The minimum absolute atomic E-state index is 0.00589. The van der Waals surface area contributed by atoms with E-state index in [0.717, 1.165) is 5.56 Å². The van der Waals surface area contributed by atoms with Gasteiger partial charge in [0.25, 0.3) is 5.91 Å². The number of halogens is 1. The van der Waals surface area contributed by atoms with Crippen LogP contribution in [0.1, 0.15) is 28.8 Å². The summed E-state index contributed by atoms with van der Waals surface area (Å²) in [7, 11) is 0. The van der Waals surface area contributed by atoms with Gasteiger partial charge in [-0.3, -0.25) is 9.59 Å². The Kier molecular flexibility index (Phi) is 4.77. The van der Waals surface area contributed by atoms with Gasteiger partial charge >= 0.3 is 0 Å². The van der Waals surface area contributed by atoms with E-state index in [0.29, 0.717) is 42.8 Å². The Labute approximate surface area is 161 Å². The predicted octanol–water partition coefficient (Wildman–Crippen LogP) is 2.90. The van der Waals surface area contributed by atoms with Crippen molar-refractivity contribution < 1.29 is 14.0 Å². The summed E-state index contributed by atoms with van der Waals surface area (Å²) in [5, 5.41) is 2.82. The molecule has 2 N–H and O–H groups in total. The number of imidazole rings is 1. The van der Waals surface area contributed by atoms with E-state index < -0.39 is 5.82 Å². The first kappa shape index (κ1) is 18.1. The zero-order valence-corrected chi connectivity index (χ0v) is 15.4. The lowest BCUT2D eigenvalue weighted by Gasteiger charge is -2.31. The summed E-state index contributed by atoms with van der Waals surface area (Å²) < 4.78 is 14.3. The number of pyridine rings is 1. The highest BCUT2D eigenvalue weighted by atomic mass is 19.1. The average molecular weight is 381 g/mol. The maximum Gasteiger partial charge on any atom is 0.256 e. The van der Waals surface area contributed by atoms with E-state index in [1.807, 2.05) is 13.0 Å². The van der Waals surface area contributed by atoms with Crippen LogP contribution in [0.2, 0.25) is 0 Å². The number of aromatic amines is 1. The highest BCUT2D eigenvalue weighted by Crippen LogP contribution is 2.23. The summed E-state index contributed by atoms with van der Waals surface area (Å²) in [6.45, 7) is 2.73. The van der Waals surface area contributed by atoms with Gasteiger partial charge in [0.15, 0.2) is 0 Å². The molecule has 144 valence electrons. The van der Waals surface area contributed by atoms with Crippen molar-refractivity contribution in [3.63, 3.8) is 0 Å².